The van der Waals surface area contributed by atoms with E-state index in [1.165, 1.54) is 18.5 Å². The van der Waals surface area contributed by atoms with Crippen LogP contribution in [0.3, 0.4) is 0 Å². The Balaban J connectivity index is 1.42. The number of aromatic nitrogens is 3. The Morgan fingerprint density at radius 1 is 1.03 bits per heavy atom. The van der Waals surface area contributed by atoms with Crippen LogP contribution in [0.25, 0.3) is 11.3 Å². The highest BCUT2D eigenvalue weighted by Crippen LogP contribution is 2.38. The van der Waals surface area contributed by atoms with Crippen LogP contribution < -0.4 is 21.1 Å². The summed E-state index contributed by atoms with van der Waals surface area (Å²) in [5.74, 6) is 0.659. The van der Waals surface area contributed by atoms with Gasteiger partial charge in [-0.05, 0) is 76.8 Å². The van der Waals surface area contributed by atoms with Gasteiger partial charge in [-0.25, -0.2) is 14.8 Å². The average Bonchev–Trinajstić information content (AvgIpc) is 2.85. The van der Waals surface area contributed by atoms with Crippen LogP contribution in [0.5, 0.6) is 11.5 Å². The van der Waals surface area contributed by atoms with E-state index in [2.05, 4.69) is 25.6 Å². The molecule has 1 saturated carbocycles. The summed E-state index contributed by atoms with van der Waals surface area (Å²) in [5.41, 5.74) is 4.57. The Morgan fingerprint density at radius 3 is 2.44 bits per heavy atom. The van der Waals surface area contributed by atoms with Crippen LogP contribution >= 0.6 is 0 Å². The number of nitrogens with one attached hydrogen (secondary N) is 2. The second kappa shape index (κ2) is 11.3. The molecule has 1 aliphatic rings. The first kappa shape index (κ1) is 27.9. The number of nitrogens with two attached hydrogens (primary N) is 1. The third kappa shape index (κ3) is 7.71. The molecule has 0 atom stereocenters. The molecule has 0 spiro atoms. The maximum Gasteiger partial charge on any atom is 0.418 e. The molecule has 208 valence electrons. The molecule has 3 aromatic rings. The average molecular weight is 545 g/mol. The summed E-state index contributed by atoms with van der Waals surface area (Å²) in [6.07, 6.45) is 2.71. The number of halogens is 3. The third-order valence-electron chi connectivity index (χ3n) is 6.05. The van der Waals surface area contributed by atoms with Crippen LogP contribution in [0, 0.1) is 0 Å². The van der Waals surface area contributed by atoms with Gasteiger partial charge in [0.2, 0.25) is 5.95 Å². The van der Waals surface area contributed by atoms with Crippen molar-refractivity contribution in [3.8, 4) is 22.8 Å². The normalized spacial score (nSPS) is 17.8. The molecule has 0 bridgehead atoms. The predicted molar refractivity (Wildman–Crippen MR) is 140 cm³/mol. The highest BCUT2D eigenvalue weighted by Gasteiger charge is 2.33. The highest BCUT2D eigenvalue weighted by atomic mass is 19.4. The minimum Gasteiger partial charge on any atom is -0.457 e. The standard InChI is InChI=1S/C27H31F3N6O3/c1-26(2,3)39-25(37)35-17-6-4-16(5-7-17)34-24-33-13-10-22(36-24)19-15-32-12-11-23(19)38-18-8-9-21(31)20(14-18)27(28,29)30/h8-17H,4-7,31H2,1-3H3,(H,35,37)(H,33,34,36). The first-order chi connectivity index (χ1) is 18.4. The molecule has 1 aliphatic carbocycles. The van der Waals surface area contributed by atoms with Crippen LogP contribution in [0.2, 0.25) is 0 Å². The van der Waals surface area contributed by atoms with E-state index in [0.717, 1.165) is 37.8 Å². The van der Waals surface area contributed by atoms with Gasteiger partial charge in [0, 0.05) is 36.4 Å². The Morgan fingerprint density at radius 2 is 1.74 bits per heavy atom. The van der Waals surface area contributed by atoms with Gasteiger partial charge in [0.15, 0.2) is 0 Å². The van der Waals surface area contributed by atoms with Crippen molar-refractivity contribution in [2.75, 3.05) is 11.1 Å². The van der Waals surface area contributed by atoms with Gasteiger partial charge in [-0.15, -0.1) is 0 Å². The number of nitrogens with zero attached hydrogens (tertiary/aromatic N) is 3. The van der Waals surface area contributed by atoms with Gasteiger partial charge in [-0.3, -0.25) is 4.98 Å². The molecule has 2 aromatic heterocycles. The van der Waals surface area contributed by atoms with Gasteiger partial charge >= 0.3 is 12.3 Å². The maximum absolute atomic E-state index is 13.3. The Bertz CT molecular complexity index is 1300. The zero-order chi connectivity index (χ0) is 28.2. The van der Waals surface area contributed by atoms with Crippen molar-refractivity contribution in [2.45, 2.75) is 70.3 Å². The number of benzene rings is 1. The van der Waals surface area contributed by atoms with Crippen molar-refractivity contribution < 1.29 is 27.4 Å². The van der Waals surface area contributed by atoms with Crippen LogP contribution in [0.1, 0.15) is 52.0 Å². The fourth-order valence-electron chi connectivity index (χ4n) is 4.25. The molecule has 12 heteroatoms. The number of ether oxygens (including phenoxy) is 2. The van der Waals surface area contributed by atoms with E-state index in [4.69, 9.17) is 15.2 Å². The molecule has 2 heterocycles. The molecule has 4 N–H and O–H groups in total. The summed E-state index contributed by atoms with van der Waals surface area (Å²) < 4.78 is 51.0. The van der Waals surface area contributed by atoms with E-state index in [1.807, 2.05) is 20.8 Å². The zero-order valence-electron chi connectivity index (χ0n) is 21.9. The summed E-state index contributed by atoms with van der Waals surface area (Å²) in [6, 6.07) is 6.75. The summed E-state index contributed by atoms with van der Waals surface area (Å²) in [7, 11) is 0. The van der Waals surface area contributed by atoms with Crippen LogP contribution in [-0.2, 0) is 10.9 Å². The first-order valence-corrected chi connectivity index (χ1v) is 12.6. The van der Waals surface area contributed by atoms with E-state index in [-0.39, 0.29) is 29.3 Å². The lowest BCUT2D eigenvalue weighted by molar-refractivity contribution is -0.137. The second-order valence-corrected chi connectivity index (χ2v) is 10.3. The molecule has 1 fully saturated rings. The number of alkyl carbamates (subject to hydrolysis) is 1. The number of amides is 1. The highest BCUT2D eigenvalue weighted by molar-refractivity contribution is 5.68. The van der Waals surface area contributed by atoms with E-state index in [1.54, 1.807) is 18.3 Å². The number of anilines is 2. The van der Waals surface area contributed by atoms with E-state index >= 15 is 0 Å². The number of hydrogen-bond acceptors (Lipinski definition) is 8. The van der Waals surface area contributed by atoms with Crippen molar-refractivity contribution in [1.29, 1.82) is 0 Å². The van der Waals surface area contributed by atoms with Crippen molar-refractivity contribution >= 4 is 17.7 Å². The third-order valence-corrected chi connectivity index (χ3v) is 6.05. The monoisotopic (exact) mass is 544 g/mol. The lowest BCUT2D eigenvalue weighted by Crippen LogP contribution is -2.42. The zero-order valence-corrected chi connectivity index (χ0v) is 21.9. The van der Waals surface area contributed by atoms with Crippen molar-refractivity contribution in [3.05, 3.63) is 54.5 Å². The Kier molecular flexibility index (Phi) is 8.12. The number of carbonyl (C=O) groups excluding carboxylic acids is 1. The van der Waals surface area contributed by atoms with Crippen molar-refractivity contribution in [3.63, 3.8) is 0 Å². The molecule has 1 aromatic carbocycles. The number of carbonyl (C=O) groups is 1. The van der Waals surface area contributed by atoms with Crippen LogP contribution in [-0.4, -0.2) is 38.7 Å². The molecule has 39 heavy (non-hydrogen) atoms. The molecule has 9 nitrogen and oxygen atoms in total. The summed E-state index contributed by atoms with van der Waals surface area (Å²) in [5, 5.41) is 6.26. The van der Waals surface area contributed by atoms with Crippen LogP contribution in [0.15, 0.2) is 48.9 Å². The molecule has 0 unspecified atom stereocenters. The summed E-state index contributed by atoms with van der Waals surface area (Å²) >= 11 is 0. The molecule has 0 radical (unpaired) electrons. The minimum absolute atomic E-state index is 0.0202. The number of hydrogen-bond donors (Lipinski definition) is 3. The van der Waals surface area contributed by atoms with Crippen molar-refractivity contribution in [1.82, 2.24) is 20.3 Å². The van der Waals surface area contributed by atoms with E-state index < -0.39 is 23.4 Å². The second-order valence-electron chi connectivity index (χ2n) is 10.3. The molecular weight excluding hydrogens is 513 g/mol. The quantitative estimate of drug-likeness (QED) is 0.314. The molecule has 1 amide bonds. The van der Waals surface area contributed by atoms with Gasteiger partial charge in [-0.1, -0.05) is 0 Å². The van der Waals surface area contributed by atoms with Gasteiger partial charge in [0.05, 0.1) is 16.8 Å². The predicted octanol–water partition coefficient (Wildman–Crippen LogP) is 6.18. The number of rotatable bonds is 6. The number of nitrogen functional groups attached to an aromatic ring is 1. The fraction of sp³-hybridized carbons (Fsp3) is 0.407. The smallest absolute Gasteiger partial charge is 0.418 e. The summed E-state index contributed by atoms with van der Waals surface area (Å²) in [6.45, 7) is 5.47. The maximum atomic E-state index is 13.3. The topological polar surface area (TPSA) is 124 Å². The Hall–Kier alpha value is -4.09. The Labute approximate surface area is 224 Å². The van der Waals surface area contributed by atoms with Gasteiger partial charge in [-0.2, -0.15) is 13.2 Å². The number of alkyl halides is 3. The van der Waals surface area contributed by atoms with Gasteiger partial charge < -0.3 is 25.8 Å². The number of pyridine rings is 1. The molecule has 0 aliphatic heterocycles. The van der Waals surface area contributed by atoms with Crippen LogP contribution in [0.4, 0.5) is 29.6 Å². The molecule has 4 rings (SSSR count). The molecular formula is C27H31F3N6O3. The summed E-state index contributed by atoms with van der Waals surface area (Å²) in [4.78, 5) is 25.1. The first-order valence-electron chi connectivity index (χ1n) is 12.6. The van der Waals surface area contributed by atoms with E-state index in [0.29, 0.717) is 17.2 Å². The fourth-order valence-corrected chi connectivity index (χ4v) is 4.25. The lowest BCUT2D eigenvalue weighted by atomic mass is 9.91. The van der Waals surface area contributed by atoms with Crippen molar-refractivity contribution in [2.24, 2.45) is 0 Å². The molecule has 0 saturated heterocycles. The SMILES string of the molecule is CC(C)(C)OC(=O)NC1CCC(Nc2nccc(-c3cnccc3Oc3ccc(N)c(C(F)(F)F)c3)n2)CC1. The van der Waals surface area contributed by atoms with Gasteiger partial charge in [0.1, 0.15) is 17.1 Å². The lowest BCUT2D eigenvalue weighted by Gasteiger charge is -2.30. The van der Waals surface area contributed by atoms with E-state index in [9.17, 15) is 18.0 Å². The van der Waals surface area contributed by atoms with Gasteiger partial charge in [0.25, 0.3) is 0 Å². The minimum atomic E-state index is -4.61. The largest absolute Gasteiger partial charge is 0.457 e.